The van der Waals surface area contributed by atoms with Crippen molar-refractivity contribution >= 4 is 5.91 Å². The Kier molecular flexibility index (Phi) is 2.68. The number of hydrogen-bond donors (Lipinski definition) is 1. The van der Waals surface area contributed by atoms with Crippen LogP contribution in [0, 0.1) is 17.2 Å². The van der Waals surface area contributed by atoms with Gasteiger partial charge in [0.05, 0.1) is 11.6 Å². The molecule has 0 unspecified atom stereocenters. The van der Waals surface area contributed by atoms with Crippen molar-refractivity contribution in [3.05, 3.63) is 35.4 Å². The van der Waals surface area contributed by atoms with Gasteiger partial charge in [0, 0.05) is 12.1 Å². The minimum Gasteiger partial charge on any atom is -0.352 e. The minimum atomic E-state index is -0.0496. The summed E-state index contributed by atoms with van der Waals surface area (Å²) >= 11 is 0. The van der Waals surface area contributed by atoms with E-state index < -0.39 is 0 Å². The molecule has 1 aromatic rings. The third-order valence-corrected chi connectivity index (χ3v) is 2.52. The molecule has 0 heterocycles. The van der Waals surface area contributed by atoms with Gasteiger partial charge in [-0.05, 0) is 43.0 Å². The van der Waals surface area contributed by atoms with Gasteiger partial charge < -0.3 is 5.32 Å². The molecule has 1 fully saturated rings. The zero-order valence-corrected chi connectivity index (χ0v) is 8.36. The lowest BCUT2D eigenvalue weighted by molar-refractivity contribution is 0.0952. The largest absolute Gasteiger partial charge is 0.352 e. The summed E-state index contributed by atoms with van der Waals surface area (Å²) in [6, 6.07) is 8.70. The number of hydrogen-bond acceptors (Lipinski definition) is 2. The lowest BCUT2D eigenvalue weighted by Gasteiger charge is -2.03. The SMILES string of the molecule is N#Cc1ccc(C(=O)NCC2CC2)cc1. The lowest BCUT2D eigenvalue weighted by atomic mass is 10.1. The fourth-order valence-corrected chi connectivity index (χ4v) is 1.36. The molecule has 0 bridgehead atoms. The number of rotatable bonds is 3. The first-order valence-corrected chi connectivity index (χ1v) is 5.08. The molecule has 1 N–H and O–H groups in total. The Morgan fingerprint density at radius 1 is 1.40 bits per heavy atom. The highest BCUT2D eigenvalue weighted by molar-refractivity contribution is 5.94. The first-order chi connectivity index (χ1) is 7.29. The maximum absolute atomic E-state index is 11.6. The van der Waals surface area contributed by atoms with E-state index in [9.17, 15) is 4.79 Å². The van der Waals surface area contributed by atoms with Crippen LogP contribution in [-0.4, -0.2) is 12.5 Å². The summed E-state index contributed by atoms with van der Waals surface area (Å²) in [5.41, 5.74) is 1.20. The van der Waals surface area contributed by atoms with Crippen LogP contribution < -0.4 is 5.32 Å². The van der Waals surface area contributed by atoms with E-state index >= 15 is 0 Å². The zero-order chi connectivity index (χ0) is 10.7. The van der Waals surface area contributed by atoms with Gasteiger partial charge >= 0.3 is 0 Å². The van der Waals surface area contributed by atoms with Crippen molar-refractivity contribution < 1.29 is 4.79 Å². The molecule has 3 heteroatoms. The van der Waals surface area contributed by atoms with Gasteiger partial charge in [-0.25, -0.2) is 0 Å². The van der Waals surface area contributed by atoms with E-state index in [0.29, 0.717) is 17.0 Å². The van der Waals surface area contributed by atoms with Gasteiger partial charge in [0.1, 0.15) is 0 Å². The van der Waals surface area contributed by atoms with E-state index in [0.717, 1.165) is 6.54 Å². The van der Waals surface area contributed by atoms with E-state index in [2.05, 4.69) is 5.32 Å². The molecule has 0 aromatic heterocycles. The first kappa shape index (κ1) is 9.72. The molecular weight excluding hydrogens is 188 g/mol. The van der Waals surface area contributed by atoms with Crippen LogP contribution in [0.5, 0.6) is 0 Å². The molecule has 2 rings (SSSR count). The summed E-state index contributed by atoms with van der Waals surface area (Å²) in [5.74, 6) is 0.638. The highest BCUT2D eigenvalue weighted by atomic mass is 16.1. The van der Waals surface area contributed by atoms with E-state index in [-0.39, 0.29) is 5.91 Å². The molecule has 1 amide bonds. The molecule has 0 aliphatic heterocycles. The van der Waals surface area contributed by atoms with E-state index in [4.69, 9.17) is 5.26 Å². The van der Waals surface area contributed by atoms with Crippen LogP contribution in [0.1, 0.15) is 28.8 Å². The van der Waals surface area contributed by atoms with Crippen LogP contribution in [0.25, 0.3) is 0 Å². The summed E-state index contributed by atoms with van der Waals surface area (Å²) in [5, 5.41) is 11.5. The number of amides is 1. The summed E-state index contributed by atoms with van der Waals surface area (Å²) in [6.45, 7) is 0.777. The zero-order valence-electron chi connectivity index (χ0n) is 8.36. The number of nitrogens with zero attached hydrogens (tertiary/aromatic N) is 1. The number of nitrogens with one attached hydrogen (secondary N) is 1. The topological polar surface area (TPSA) is 52.9 Å². The summed E-state index contributed by atoms with van der Waals surface area (Å²) in [7, 11) is 0. The molecule has 3 nitrogen and oxygen atoms in total. The summed E-state index contributed by atoms with van der Waals surface area (Å²) in [4.78, 5) is 11.6. The van der Waals surface area contributed by atoms with Gasteiger partial charge in [0.15, 0.2) is 0 Å². The Labute approximate surface area is 88.7 Å². The van der Waals surface area contributed by atoms with Gasteiger partial charge in [-0.2, -0.15) is 5.26 Å². The van der Waals surface area contributed by atoms with Gasteiger partial charge in [-0.1, -0.05) is 0 Å². The van der Waals surface area contributed by atoms with Crippen molar-refractivity contribution in [1.29, 1.82) is 5.26 Å². The second kappa shape index (κ2) is 4.14. The van der Waals surface area contributed by atoms with Crippen LogP contribution >= 0.6 is 0 Å². The van der Waals surface area contributed by atoms with Crippen LogP contribution in [0.15, 0.2) is 24.3 Å². The molecular formula is C12H12N2O. The third-order valence-electron chi connectivity index (χ3n) is 2.52. The van der Waals surface area contributed by atoms with Crippen molar-refractivity contribution in [3.63, 3.8) is 0 Å². The summed E-state index contributed by atoms with van der Waals surface area (Å²) in [6.07, 6.45) is 2.46. The minimum absolute atomic E-state index is 0.0496. The number of carbonyl (C=O) groups is 1. The van der Waals surface area contributed by atoms with Crippen LogP contribution in [0.2, 0.25) is 0 Å². The second-order valence-electron chi connectivity index (χ2n) is 3.84. The molecule has 0 saturated heterocycles. The molecule has 76 valence electrons. The molecule has 15 heavy (non-hydrogen) atoms. The summed E-state index contributed by atoms with van der Waals surface area (Å²) < 4.78 is 0. The Morgan fingerprint density at radius 3 is 2.60 bits per heavy atom. The monoisotopic (exact) mass is 200 g/mol. The van der Waals surface area contributed by atoms with Crippen LogP contribution in [0.4, 0.5) is 0 Å². The average Bonchev–Trinajstić information content (AvgIpc) is 3.10. The van der Waals surface area contributed by atoms with Gasteiger partial charge in [-0.15, -0.1) is 0 Å². The van der Waals surface area contributed by atoms with Crippen LogP contribution in [-0.2, 0) is 0 Å². The highest BCUT2D eigenvalue weighted by Gasteiger charge is 2.21. The highest BCUT2D eigenvalue weighted by Crippen LogP contribution is 2.27. The van der Waals surface area contributed by atoms with Crippen molar-refractivity contribution in [2.75, 3.05) is 6.54 Å². The smallest absolute Gasteiger partial charge is 0.251 e. The average molecular weight is 200 g/mol. The van der Waals surface area contributed by atoms with E-state index in [1.165, 1.54) is 12.8 Å². The van der Waals surface area contributed by atoms with E-state index in [1.807, 2.05) is 6.07 Å². The van der Waals surface area contributed by atoms with E-state index in [1.54, 1.807) is 24.3 Å². The fourth-order valence-electron chi connectivity index (χ4n) is 1.36. The normalized spacial score (nSPS) is 14.3. The standard InChI is InChI=1S/C12H12N2O/c13-7-9-3-5-11(6-4-9)12(15)14-8-10-1-2-10/h3-6,10H,1-2,8H2,(H,14,15). The predicted octanol–water partition coefficient (Wildman–Crippen LogP) is 1.70. The van der Waals surface area contributed by atoms with Gasteiger partial charge in [-0.3, -0.25) is 4.79 Å². The Balaban J connectivity index is 1.95. The van der Waals surface area contributed by atoms with Gasteiger partial charge in [0.25, 0.3) is 5.91 Å². The van der Waals surface area contributed by atoms with Gasteiger partial charge in [0.2, 0.25) is 0 Å². The second-order valence-corrected chi connectivity index (χ2v) is 3.84. The molecule has 0 spiro atoms. The molecule has 1 aromatic carbocycles. The van der Waals surface area contributed by atoms with Crippen molar-refractivity contribution in [2.45, 2.75) is 12.8 Å². The Morgan fingerprint density at radius 2 is 2.07 bits per heavy atom. The Hall–Kier alpha value is -1.82. The first-order valence-electron chi connectivity index (χ1n) is 5.08. The van der Waals surface area contributed by atoms with Crippen LogP contribution in [0.3, 0.4) is 0 Å². The van der Waals surface area contributed by atoms with Crippen molar-refractivity contribution in [3.8, 4) is 6.07 Å². The maximum Gasteiger partial charge on any atom is 0.251 e. The molecule has 1 aliphatic carbocycles. The molecule has 1 saturated carbocycles. The third kappa shape index (κ3) is 2.57. The number of nitriles is 1. The lowest BCUT2D eigenvalue weighted by Crippen LogP contribution is -2.25. The number of carbonyl (C=O) groups excluding carboxylic acids is 1. The molecule has 1 aliphatic rings. The Bertz CT molecular complexity index is 399. The molecule has 0 radical (unpaired) electrons. The van der Waals surface area contributed by atoms with Crippen molar-refractivity contribution in [1.82, 2.24) is 5.32 Å². The fraction of sp³-hybridized carbons (Fsp3) is 0.333. The van der Waals surface area contributed by atoms with Crippen molar-refractivity contribution in [2.24, 2.45) is 5.92 Å². The number of benzene rings is 1. The molecule has 0 atom stereocenters. The maximum atomic E-state index is 11.6. The quantitative estimate of drug-likeness (QED) is 0.807. The predicted molar refractivity (Wildman–Crippen MR) is 56.2 cm³/mol.